The smallest absolute Gasteiger partial charge is 0.245 e. The third-order valence-electron chi connectivity index (χ3n) is 2.97. The SMILES string of the molecule is Clc1ccccc1COc1ccc(C=Nc2ncn[nH]2)cc1. The average Bonchev–Trinajstić information content (AvgIpc) is 3.07. The molecule has 0 atom stereocenters. The molecule has 0 bridgehead atoms. The summed E-state index contributed by atoms with van der Waals surface area (Å²) in [5.74, 6) is 1.25. The molecule has 0 fully saturated rings. The van der Waals surface area contributed by atoms with Crippen LogP contribution in [-0.2, 0) is 6.61 Å². The lowest BCUT2D eigenvalue weighted by atomic mass is 10.2. The van der Waals surface area contributed by atoms with Crippen LogP contribution >= 0.6 is 11.6 Å². The Morgan fingerprint density at radius 3 is 2.68 bits per heavy atom. The molecule has 0 saturated carbocycles. The Labute approximate surface area is 132 Å². The average molecular weight is 313 g/mol. The minimum absolute atomic E-state index is 0.436. The summed E-state index contributed by atoms with van der Waals surface area (Å²) >= 11 is 6.09. The summed E-state index contributed by atoms with van der Waals surface area (Å²) in [5.41, 5.74) is 1.90. The Balaban J connectivity index is 1.61. The van der Waals surface area contributed by atoms with Gasteiger partial charge in [-0.1, -0.05) is 29.8 Å². The number of nitrogens with one attached hydrogen (secondary N) is 1. The second kappa shape index (κ2) is 6.87. The van der Waals surface area contributed by atoms with E-state index in [9.17, 15) is 0 Å². The summed E-state index contributed by atoms with van der Waals surface area (Å²) < 4.78 is 5.72. The third kappa shape index (κ3) is 3.71. The van der Waals surface area contributed by atoms with E-state index in [4.69, 9.17) is 16.3 Å². The fourth-order valence-electron chi connectivity index (χ4n) is 1.82. The van der Waals surface area contributed by atoms with Crippen LogP contribution in [-0.4, -0.2) is 21.4 Å². The number of aromatic nitrogens is 3. The molecule has 5 nitrogen and oxygen atoms in total. The Bertz CT molecular complexity index is 754. The number of aliphatic imine (C=N–C) groups is 1. The fourth-order valence-corrected chi connectivity index (χ4v) is 2.01. The van der Waals surface area contributed by atoms with Gasteiger partial charge >= 0.3 is 0 Å². The van der Waals surface area contributed by atoms with E-state index >= 15 is 0 Å². The van der Waals surface area contributed by atoms with E-state index in [-0.39, 0.29) is 0 Å². The van der Waals surface area contributed by atoms with Crippen LogP contribution in [0.5, 0.6) is 5.75 Å². The molecule has 6 heteroatoms. The molecule has 0 spiro atoms. The second-order valence-electron chi connectivity index (χ2n) is 4.52. The van der Waals surface area contributed by atoms with E-state index in [2.05, 4.69) is 20.2 Å². The Morgan fingerprint density at radius 1 is 1.14 bits per heavy atom. The highest BCUT2D eigenvalue weighted by atomic mass is 35.5. The zero-order chi connectivity index (χ0) is 15.2. The summed E-state index contributed by atoms with van der Waals surface area (Å²) in [4.78, 5) is 8.08. The summed E-state index contributed by atoms with van der Waals surface area (Å²) in [5, 5.41) is 7.10. The van der Waals surface area contributed by atoms with Crippen molar-refractivity contribution in [1.29, 1.82) is 0 Å². The minimum Gasteiger partial charge on any atom is -0.489 e. The largest absolute Gasteiger partial charge is 0.489 e. The number of rotatable bonds is 5. The highest BCUT2D eigenvalue weighted by molar-refractivity contribution is 6.31. The summed E-state index contributed by atoms with van der Waals surface area (Å²) in [7, 11) is 0. The van der Waals surface area contributed by atoms with Crippen molar-refractivity contribution in [2.75, 3.05) is 0 Å². The molecule has 0 amide bonds. The number of halogens is 1. The number of nitrogens with zero attached hydrogens (tertiary/aromatic N) is 3. The van der Waals surface area contributed by atoms with Gasteiger partial charge in [0.2, 0.25) is 5.95 Å². The standard InChI is InChI=1S/C16H13ClN4O/c17-15-4-2-1-3-13(15)10-22-14-7-5-12(6-8-14)9-18-16-19-11-20-21-16/h1-9,11H,10H2,(H,19,20,21). The minimum atomic E-state index is 0.436. The van der Waals surface area contributed by atoms with E-state index in [0.717, 1.165) is 16.9 Å². The van der Waals surface area contributed by atoms with Crippen LogP contribution < -0.4 is 4.74 Å². The van der Waals surface area contributed by atoms with E-state index in [0.29, 0.717) is 17.6 Å². The molecule has 0 aliphatic carbocycles. The predicted octanol–water partition coefficient (Wildman–Crippen LogP) is 3.79. The van der Waals surface area contributed by atoms with Crippen molar-refractivity contribution in [2.24, 2.45) is 4.99 Å². The number of hydrogen-bond acceptors (Lipinski definition) is 4. The van der Waals surface area contributed by atoms with E-state index in [1.807, 2.05) is 48.5 Å². The van der Waals surface area contributed by atoms with Crippen LogP contribution in [0.3, 0.4) is 0 Å². The first-order valence-corrected chi connectivity index (χ1v) is 7.05. The number of aromatic amines is 1. The number of benzene rings is 2. The third-order valence-corrected chi connectivity index (χ3v) is 3.34. The van der Waals surface area contributed by atoms with E-state index < -0.39 is 0 Å². The molecule has 3 aromatic rings. The molecule has 1 aromatic heterocycles. The first-order valence-electron chi connectivity index (χ1n) is 6.67. The highest BCUT2D eigenvalue weighted by Crippen LogP contribution is 2.18. The van der Waals surface area contributed by atoms with Crippen molar-refractivity contribution in [3.05, 3.63) is 71.0 Å². The van der Waals surface area contributed by atoms with Gasteiger partial charge in [0, 0.05) is 16.8 Å². The van der Waals surface area contributed by atoms with Crippen molar-refractivity contribution in [3.8, 4) is 5.75 Å². The van der Waals surface area contributed by atoms with Gasteiger partial charge < -0.3 is 4.74 Å². The molecular formula is C16H13ClN4O. The number of hydrogen-bond donors (Lipinski definition) is 1. The van der Waals surface area contributed by atoms with Gasteiger partial charge in [0.15, 0.2) is 0 Å². The molecule has 1 heterocycles. The zero-order valence-electron chi connectivity index (χ0n) is 11.6. The molecule has 0 aliphatic rings. The van der Waals surface area contributed by atoms with Crippen molar-refractivity contribution in [2.45, 2.75) is 6.61 Å². The van der Waals surface area contributed by atoms with Crippen LogP contribution in [0.2, 0.25) is 5.02 Å². The Kier molecular flexibility index (Phi) is 4.46. The van der Waals surface area contributed by atoms with Crippen LogP contribution in [0.15, 0.2) is 59.9 Å². The highest BCUT2D eigenvalue weighted by Gasteiger charge is 2.00. The lowest BCUT2D eigenvalue weighted by Gasteiger charge is -2.07. The molecule has 0 radical (unpaired) electrons. The van der Waals surface area contributed by atoms with Crippen molar-refractivity contribution >= 4 is 23.8 Å². The van der Waals surface area contributed by atoms with Gasteiger partial charge in [0.1, 0.15) is 18.7 Å². The molecule has 0 unspecified atom stereocenters. The monoisotopic (exact) mass is 312 g/mol. The molecule has 0 saturated heterocycles. The molecule has 1 N–H and O–H groups in total. The van der Waals surface area contributed by atoms with Crippen molar-refractivity contribution in [1.82, 2.24) is 15.2 Å². The van der Waals surface area contributed by atoms with Crippen LogP contribution in [0.1, 0.15) is 11.1 Å². The first-order chi connectivity index (χ1) is 10.8. The molecule has 0 aliphatic heterocycles. The van der Waals surface area contributed by atoms with Gasteiger partial charge in [-0.2, -0.15) is 10.1 Å². The van der Waals surface area contributed by atoms with Gasteiger partial charge in [-0.3, -0.25) is 0 Å². The van der Waals surface area contributed by atoms with Gasteiger partial charge in [-0.15, -0.1) is 0 Å². The van der Waals surface area contributed by atoms with Gasteiger partial charge in [0.05, 0.1) is 0 Å². The summed E-state index contributed by atoms with van der Waals surface area (Å²) in [6, 6.07) is 15.2. The molecule has 22 heavy (non-hydrogen) atoms. The van der Waals surface area contributed by atoms with E-state index in [1.54, 1.807) is 6.21 Å². The van der Waals surface area contributed by atoms with Crippen LogP contribution in [0.25, 0.3) is 0 Å². The molecule has 3 rings (SSSR count). The van der Waals surface area contributed by atoms with Crippen LogP contribution in [0.4, 0.5) is 5.95 Å². The maximum atomic E-state index is 6.09. The summed E-state index contributed by atoms with van der Waals surface area (Å²) in [6.07, 6.45) is 3.12. The molecular weight excluding hydrogens is 300 g/mol. The summed E-state index contributed by atoms with van der Waals surface area (Å²) in [6.45, 7) is 0.436. The lowest BCUT2D eigenvalue weighted by molar-refractivity contribution is 0.306. The fraction of sp³-hybridized carbons (Fsp3) is 0.0625. The Hall–Kier alpha value is -2.66. The first kappa shape index (κ1) is 14.3. The number of H-pyrrole nitrogens is 1. The van der Waals surface area contributed by atoms with Gasteiger partial charge in [-0.05, 0) is 35.9 Å². The van der Waals surface area contributed by atoms with Gasteiger partial charge in [0.25, 0.3) is 0 Å². The molecule has 2 aromatic carbocycles. The van der Waals surface area contributed by atoms with Gasteiger partial charge in [-0.25, -0.2) is 10.1 Å². The van der Waals surface area contributed by atoms with Crippen molar-refractivity contribution in [3.63, 3.8) is 0 Å². The van der Waals surface area contributed by atoms with Crippen molar-refractivity contribution < 1.29 is 4.74 Å². The maximum absolute atomic E-state index is 6.09. The van der Waals surface area contributed by atoms with Crippen LogP contribution in [0, 0.1) is 0 Å². The Morgan fingerprint density at radius 2 is 1.95 bits per heavy atom. The van der Waals surface area contributed by atoms with E-state index in [1.165, 1.54) is 6.33 Å². The lowest BCUT2D eigenvalue weighted by Crippen LogP contribution is -1.96. The number of ether oxygens (including phenoxy) is 1. The maximum Gasteiger partial charge on any atom is 0.245 e. The molecule has 110 valence electrons. The normalized spacial score (nSPS) is 11.0. The quantitative estimate of drug-likeness (QED) is 0.729. The predicted molar refractivity (Wildman–Crippen MR) is 85.9 cm³/mol. The zero-order valence-corrected chi connectivity index (χ0v) is 12.4. The second-order valence-corrected chi connectivity index (χ2v) is 4.92. The topological polar surface area (TPSA) is 63.2 Å².